The van der Waals surface area contributed by atoms with Crippen molar-refractivity contribution in [1.82, 2.24) is 14.9 Å². The molecule has 0 radical (unpaired) electrons. The highest BCUT2D eigenvalue weighted by Gasteiger charge is 2.18. The van der Waals surface area contributed by atoms with Gasteiger partial charge in [-0.05, 0) is 18.2 Å². The summed E-state index contributed by atoms with van der Waals surface area (Å²) in [7, 11) is 6.33. The van der Waals surface area contributed by atoms with Crippen LogP contribution in [0.25, 0.3) is 28.5 Å². The van der Waals surface area contributed by atoms with Gasteiger partial charge in [0.05, 0.1) is 58.2 Å². The molecule has 1 aliphatic heterocycles. The number of rotatable bonds is 7. The number of morpholine rings is 1. The number of aromatic nitrogens is 2. The third kappa shape index (κ3) is 4.58. The minimum atomic E-state index is -0.0548. The van der Waals surface area contributed by atoms with E-state index in [1.807, 2.05) is 18.2 Å². The third-order valence-electron chi connectivity index (χ3n) is 5.52. The van der Waals surface area contributed by atoms with Crippen LogP contribution in [0, 0.1) is 0 Å². The molecule has 1 aromatic heterocycles. The molecule has 2 heterocycles. The van der Waals surface area contributed by atoms with Crippen LogP contribution < -0.4 is 18.9 Å². The summed E-state index contributed by atoms with van der Waals surface area (Å²) in [5, 5.41) is 0. The zero-order valence-corrected chi connectivity index (χ0v) is 19.1. The number of methoxy groups -OCH3 is 4. The molecule has 3 aromatic rings. The van der Waals surface area contributed by atoms with Gasteiger partial charge in [0, 0.05) is 36.9 Å². The lowest BCUT2D eigenvalue weighted by Gasteiger charge is -2.25. The van der Waals surface area contributed by atoms with Crippen molar-refractivity contribution in [2.75, 3.05) is 54.7 Å². The third-order valence-corrected chi connectivity index (χ3v) is 5.52. The lowest BCUT2D eigenvalue weighted by Crippen LogP contribution is -2.39. The van der Waals surface area contributed by atoms with E-state index in [0.29, 0.717) is 55.1 Å². The number of H-pyrrole nitrogens is 1. The van der Waals surface area contributed by atoms with Crippen molar-refractivity contribution in [2.45, 2.75) is 0 Å². The van der Waals surface area contributed by atoms with Crippen molar-refractivity contribution in [3.8, 4) is 34.4 Å². The van der Waals surface area contributed by atoms with Crippen LogP contribution >= 0.6 is 0 Å². The van der Waals surface area contributed by atoms with Crippen molar-refractivity contribution < 1.29 is 28.5 Å². The standard InChI is InChI=1S/C24H27N3O6/c1-29-19-13-18-17(11-15(19)5-6-23(28)27-7-9-33-10-8-27)25-24(26-18)16-12-21(31-3)22(32-4)14-20(16)30-2/h5-6,11-14H,7-10H2,1-4H3,(H,25,26)/b6-5+. The Morgan fingerprint density at radius 1 is 0.939 bits per heavy atom. The Morgan fingerprint density at radius 3 is 2.27 bits per heavy atom. The average Bonchev–Trinajstić information content (AvgIpc) is 3.28. The van der Waals surface area contributed by atoms with E-state index in [1.165, 1.54) is 0 Å². The number of hydrogen-bond acceptors (Lipinski definition) is 7. The molecular formula is C24H27N3O6. The first-order valence-corrected chi connectivity index (χ1v) is 10.5. The number of imidazole rings is 1. The highest BCUT2D eigenvalue weighted by Crippen LogP contribution is 2.40. The maximum atomic E-state index is 12.5. The quantitative estimate of drug-likeness (QED) is 0.549. The van der Waals surface area contributed by atoms with Crippen LogP contribution in [0.4, 0.5) is 0 Å². The van der Waals surface area contributed by atoms with Crippen molar-refractivity contribution in [2.24, 2.45) is 0 Å². The molecule has 1 fully saturated rings. The molecule has 1 saturated heterocycles. The number of hydrogen-bond donors (Lipinski definition) is 1. The molecule has 0 bridgehead atoms. The number of carbonyl (C=O) groups is 1. The second-order valence-corrected chi connectivity index (χ2v) is 7.38. The van der Waals surface area contributed by atoms with Gasteiger partial charge in [-0.3, -0.25) is 4.79 Å². The first-order valence-electron chi connectivity index (χ1n) is 10.5. The molecule has 0 saturated carbocycles. The summed E-state index contributed by atoms with van der Waals surface area (Å²) < 4.78 is 27.2. The molecular weight excluding hydrogens is 426 g/mol. The molecule has 0 spiro atoms. The van der Waals surface area contributed by atoms with E-state index in [0.717, 1.165) is 22.2 Å². The zero-order valence-electron chi connectivity index (χ0n) is 19.1. The molecule has 174 valence electrons. The van der Waals surface area contributed by atoms with E-state index < -0.39 is 0 Å². The Labute approximate surface area is 191 Å². The van der Waals surface area contributed by atoms with Crippen molar-refractivity contribution >= 4 is 23.0 Å². The Bertz CT molecular complexity index is 1180. The van der Waals surface area contributed by atoms with Crippen molar-refractivity contribution in [3.05, 3.63) is 35.9 Å². The topological polar surface area (TPSA) is 95.1 Å². The zero-order chi connectivity index (χ0) is 23.4. The number of aromatic amines is 1. The smallest absolute Gasteiger partial charge is 0.246 e. The Morgan fingerprint density at radius 2 is 1.61 bits per heavy atom. The maximum absolute atomic E-state index is 12.5. The second-order valence-electron chi connectivity index (χ2n) is 7.38. The Kier molecular flexibility index (Phi) is 6.69. The number of carbonyl (C=O) groups excluding carboxylic acids is 1. The van der Waals surface area contributed by atoms with Crippen LogP contribution in [-0.4, -0.2) is 75.5 Å². The summed E-state index contributed by atoms with van der Waals surface area (Å²) in [6, 6.07) is 7.31. The van der Waals surface area contributed by atoms with E-state index in [9.17, 15) is 4.79 Å². The molecule has 1 aliphatic rings. The molecule has 0 aliphatic carbocycles. The van der Waals surface area contributed by atoms with Crippen LogP contribution in [-0.2, 0) is 9.53 Å². The summed E-state index contributed by atoms with van der Waals surface area (Å²) in [6.07, 6.45) is 3.32. The molecule has 4 rings (SSSR count). The largest absolute Gasteiger partial charge is 0.496 e. The van der Waals surface area contributed by atoms with Gasteiger partial charge in [0.25, 0.3) is 0 Å². The molecule has 9 nitrogen and oxygen atoms in total. The molecule has 1 amide bonds. The lowest BCUT2D eigenvalue weighted by molar-refractivity contribution is -0.129. The van der Waals surface area contributed by atoms with E-state index >= 15 is 0 Å². The van der Waals surface area contributed by atoms with Crippen molar-refractivity contribution in [1.29, 1.82) is 0 Å². The average molecular weight is 453 g/mol. The number of nitrogens with one attached hydrogen (secondary N) is 1. The number of ether oxygens (including phenoxy) is 5. The Hall–Kier alpha value is -3.72. The summed E-state index contributed by atoms with van der Waals surface area (Å²) in [6.45, 7) is 2.31. The van der Waals surface area contributed by atoms with Crippen molar-refractivity contribution in [3.63, 3.8) is 0 Å². The minimum absolute atomic E-state index is 0.0548. The van der Waals surface area contributed by atoms with Gasteiger partial charge >= 0.3 is 0 Å². The molecule has 2 aromatic carbocycles. The number of nitrogens with zero attached hydrogens (tertiary/aromatic N) is 2. The van der Waals surface area contributed by atoms with Gasteiger partial charge in [0.2, 0.25) is 5.91 Å². The van der Waals surface area contributed by atoms with E-state index in [2.05, 4.69) is 4.98 Å². The monoisotopic (exact) mass is 453 g/mol. The van der Waals surface area contributed by atoms with Gasteiger partial charge in [-0.2, -0.15) is 0 Å². The van der Waals surface area contributed by atoms with Crippen LogP contribution in [0.15, 0.2) is 30.3 Å². The predicted octanol–water partition coefficient (Wildman–Crippen LogP) is 3.14. The van der Waals surface area contributed by atoms with Gasteiger partial charge in [-0.15, -0.1) is 0 Å². The fraction of sp³-hybridized carbons (Fsp3) is 0.333. The molecule has 33 heavy (non-hydrogen) atoms. The normalized spacial score (nSPS) is 14.0. The molecule has 0 unspecified atom stereocenters. The predicted molar refractivity (Wildman–Crippen MR) is 124 cm³/mol. The molecule has 9 heteroatoms. The molecule has 1 N–H and O–H groups in total. The van der Waals surface area contributed by atoms with Crippen LogP contribution in [0.3, 0.4) is 0 Å². The van der Waals surface area contributed by atoms with Gasteiger partial charge in [0.15, 0.2) is 11.5 Å². The highest BCUT2D eigenvalue weighted by molar-refractivity contribution is 5.93. The minimum Gasteiger partial charge on any atom is -0.496 e. The number of benzene rings is 2. The summed E-state index contributed by atoms with van der Waals surface area (Å²) in [5.41, 5.74) is 3.00. The first-order chi connectivity index (χ1) is 16.1. The van der Waals surface area contributed by atoms with Crippen LogP contribution in [0.5, 0.6) is 23.0 Å². The lowest BCUT2D eigenvalue weighted by atomic mass is 10.1. The van der Waals surface area contributed by atoms with Gasteiger partial charge in [0.1, 0.15) is 17.3 Å². The Balaban J connectivity index is 1.70. The fourth-order valence-electron chi connectivity index (χ4n) is 3.75. The van der Waals surface area contributed by atoms with Gasteiger partial charge in [-0.25, -0.2) is 4.98 Å². The molecule has 0 atom stereocenters. The summed E-state index contributed by atoms with van der Waals surface area (Å²) in [4.78, 5) is 22.3. The number of fused-ring (bicyclic) bond motifs is 1. The fourth-order valence-corrected chi connectivity index (χ4v) is 3.75. The van der Waals surface area contributed by atoms with E-state index in [-0.39, 0.29) is 5.91 Å². The first kappa shape index (κ1) is 22.5. The van der Waals surface area contributed by atoms with Gasteiger partial charge in [-0.1, -0.05) is 0 Å². The van der Waals surface area contributed by atoms with E-state index in [1.54, 1.807) is 51.6 Å². The maximum Gasteiger partial charge on any atom is 0.246 e. The number of amides is 1. The van der Waals surface area contributed by atoms with Gasteiger partial charge < -0.3 is 33.6 Å². The van der Waals surface area contributed by atoms with Crippen LogP contribution in [0.2, 0.25) is 0 Å². The summed E-state index contributed by atoms with van der Waals surface area (Å²) >= 11 is 0. The SMILES string of the molecule is COc1cc2nc(-c3cc(OC)c(OC)cc3OC)[nH]c2cc1/C=C/C(=O)N1CCOCC1. The van der Waals surface area contributed by atoms with Crippen LogP contribution in [0.1, 0.15) is 5.56 Å². The highest BCUT2D eigenvalue weighted by atomic mass is 16.5. The summed E-state index contributed by atoms with van der Waals surface area (Å²) in [5.74, 6) is 2.89. The van der Waals surface area contributed by atoms with E-state index in [4.69, 9.17) is 28.7 Å². The second kappa shape index (κ2) is 9.83.